The lowest BCUT2D eigenvalue weighted by atomic mass is 10.1. The number of anilines is 1. The number of rotatable bonds is 3. The first-order chi connectivity index (χ1) is 9.77. The van der Waals surface area contributed by atoms with Crippen molar-refractivity contribution in [2.75, 3.05) is 5.32 Å². The van der Waals surface area contributed by atoms with Crippen LogP contribution < -0.4 is 10.5 Å². The van der Waals surface area contributed by atoms with Gasteiger partial charge in [0.25, 0.3) is 5.91 Å². The van der Waals surface area contributed by atoms with Crippen LogP contribution in [-0.4, -0.2) is 14.3 Å². The maximum atomic E-state index is 12.1. The zero-order valence-electron chi connectivity index (χ0n) is 11.1. The number of primary sulfonamides is 1. The molecule has 110 valence electrons. The van der Waals surface area contributed by atoms with Crippen molar-refractivity contribution in [3.05, 3.63) is 57.2 Å². The molecule has 0 aliphatic rings. The van der Waals surface area contributed by atoms with E-state index in [0.29, 0.717) is 11.3 Å². The van der Waals surface area contributed by atoms with Gasteiger partial charge >= 0.3 is 0 Å². The Balaban J connectivity index is 2.31. The van der Waals surface area contributed by atoms with E-state index in [1.54, 1.807) is 25.1 Å². The van der Waals surface area contributed by atoms with Crippen molar-refractivity contribution >= 4 is 44.2 Å². The quantitative estimate of drug-likeness (QED) is 0.754. The Bertz CT molecular complexity index is 786. The average molecular weight is 416 g/mol. The van der Waals surface area contributed by atoms with Crippen LogP contribution in [0.2, 0.25) is 0 Å². The van der Waals surface area contributed by atoms with E-state index in [2.05, 4.69) is 27.9 Å². The minimum atomic E-state index is -3.80. The average Bonchev–Trinajstić information content (AvgIpc) is 2.40. The summed E-state index contributed by atoms with van der Waals surface area (Å²) in [5.41, 5.74) is 1.67. The van der Waals surface area contributed by atoms with Gasteiger partial charge in [0.2, 0.25) is 10.0 Å². The Labute approximate surface area is 136 Å². The van der Waals surface area contributed by atoms with Crippen LogP contribution in [0.25, 0.3) is 0 Å². The van der Waals surface area contributed by atoms with Crippen LogP contribution in [0.5, 0.6) is 0 Å². The first-order valence-electron chi connectivity index (χ1n) is 5.98. The molecule has 3 N–H and O–H groups in total. The van der Waals surface area contributed by atoms with E-state index in [0.717, 1.165) is 9.13 Å². The van der Waals surface area contributed by atoms with Crippen LogP contribution in [0, 0.1) is 10.5 Å². The minimum Gasteiger partial charge on any atom is -0.322 e. The Morgan fingerprint density at radius 3 is 2.33 bits per heavy atom. The summed E-state index contributed by atoms with van der Waals surface area (Å²) in [6, 6.07) is 11.4. The molecule has 0 saturated heterocycles. The van der Waals surface area contributed by atoms with Crippen molar-refractivity contribution in [1.82, 2.24) is 0 Å². The molecule has 0 bridgehead atoms. The molecule has 7 heteroatoms. The van der Waals surface area contributed by atoms with E-state index in [-0.39, 0.29) is 10.8 Å². The fourth-order valence-electron chi connectivity index (χ4n) is 1.71. The second-order valence-electron chi connectivity index (χ2n) is 4.48. The molecule has 21 heavy (non-hydrogen) atoms. The summed E-state index contributed by atoms with van der Waals surface area (Å²) < 4.78 is 23.7. The highest BCUT2D eigenvalue weighted by molar-refractivity contribution is 14.1. The largest absolute Gasteiger partial charge is 0.322 e. The predicted octanol–water partition coefficient (Wildman–Crippen LogP) is 2.50. The van der Waals surface area contributed by atoms with E-state index in [1.807, 2.05) is 12.1 Å². The molecule has 0 aliphatic carbocycles. The topological polar surface area (TPSA) is 89.3 Å². The molecule has 0 unspecified atom stereocenters. The number of amides is 1. The van der Waals surface area contributed by atoms with Crippen molar-refractivity contribution in [3.63, 3.8) is 0 Å². The summed E-state index contributed by atoms with van der Waals surface area (Å²) in [6.45, 7) is 1.77. The van der Waals surface area contributed by atoms with E-state index in [4.69, 9.17) is 5.14 Å². The van der Waals surface area contributed by atoms with Gasteiger partial charge in [-0.05, 0) is 71.5 Å². The van der Waals surface area contributed by atoms with Crippen LogP contribution in [0.3, 0.4) is 0 Å². The zero-order chi connectivity index (χ0) is 15.6. The van der Waals surface area contributed by atoms with E-state index < -0.39 is 10.0 Å². The minimum absolute atomic E-state index is 0.0361. The summed E-state index contributed by atoms with van der Waals surface area (Å²) in [6.07, 6.45) is 0. The van der Waals surface area contributed by atoms with Crippen LogP contribution in [-0.2, 0) is 10.0 Å². The highest BCUT2D eigenvalue weighted by atomic mass is 127. The SMILES string of the molecule is Cc1ccc(S(N)(=O)=O)cc1NC(=O)c1ccc(I)cc1. The van der Waals surface area contributed by atoms with E-state index in [1.165, 1.54) is 12.1 Å². The molecule has 0 saturated carbocycles. The molecular formula is C14H13IN2O3S. The third kappa shape index (κ3) is 4.02. The van der Waals surface area contributed by atoms with Gasteiger partial charge in [-0.3, -0.25) is 4.79 Å². The zero-order valence-corrected chi connectivity index (χ0v) is 14.1. The van der Waals surface area contributed by atoms with E-state index in [9.17, 15) is 13.2 Å². The van der Waals surface area contributed by atoms with Crippen molar-refractivity contribution in [1.29, 1.82) is 0 Å². The Morgan fingerprint density at radius 1 is 1.14 bits per heavy atom. The van der Waals surface area contributed by atoms with Crippen LogP contribution in [0.4, 0.5) is 5.69 Å². The third-order valence-electron chi connectivity index (χ3n) is 2.89. The number of hydrogen-bond acceptors (Lipinski definition) is 3. The van der Waals surface area contributed by atoms with Gasteiger partial charge in [-0.2, -0.15) is 0 Å². The predicted molar refractivity (Wildman–Crippen MR) is 89.7 cm³/mol. The maximum absolute atomic E-state index is 12.1. The number of nitrogens with two attached hydrogens (primary N) is 1. The molecule has 0 fully saturated rings. The van der Waals surface area contributed by atoms with Gasteiger partial charge in [-0.15, -0.1) is 0 Å². The molecule has 5 nitrogen and oxygen atoms in total. The molecule has 0 heterocycles. The van der Waals surface area contributed by atoms with Crippen molar-refractivity contribution < 1.29 is 13.2 Å². The molecule has 0 aromatic heterocycles. The number of carbonyl (C=O) groups excluding carboxylic acids is 1. The summed E-state index contributed by atoms with van der Waals surface area (Å²) in [5.74, 6) is -0.305. The second-order valence-corrected chi connectivity index (χ2v) is 7.29. The molecule has 0 aliphatic heterocycles. The highest BCUT2D eigenvalue weighted by Gasteiger charge is 2.12. The fourth-order valence-corrected chi connectivity index (χ4v) is 2.61. The Kier molecular flexibility index (Phi) is 4.64. The second kappa shape index (κ2) is 6.12. The Morgan fingerprint density at radius 2 is 1.76 bits per heavy atom. The van der Waals surface area contributed by atoms with Gasteiger partial charge in [0, 0.05) is 14.8 Å². The first kappa shape index (κ1) is 15.9. The van der Waals surface area contributed by atoms with Crippen LogP contribution in [0.15, 0.2) is 47.4 Å². The molecule has 0 spiro atoms. The molecule has 2 aromatic carbocycles. The van der Waals surface area contributed by atoms with Gasteiger partial charge in [0.1, 0.15) is 0 Å². The molecule has 2 aromatic rings. The maximum Gasteiger partial charge on any atom is 0.255 e. The summed E-state index contributed by atoms with van der Waals surface area (Å²) in [7, 11) is -3.80. The van der Waals surface area contributed by atoms with Gasteiger partial charge in [-0.25, -0.2) is 13.6 Å². The lowest BCUT2D eigenvalue weighted by Gasteiger charge is -2.10. The standard InChI is InChI=1S/C14H13IN2O3S/c1-9-2-7-12(21(16,19)20)8-13(9)17-14(18)10-3-5-11(15)6-4-10/h2-8H,1H3,(H,17,18)(H2,16,19,20). The molecule has 2 rings (SSSR count). The van der Waals surface area contributed by atoms with Gasteiger partial charge < -0.3 is 5.32 Å². The first-order valence-corrected chi connectivity index (χ1v) is 8.60. The number of benzene rings is 2. The van der Waals surface area contributed by atoms with Gasteiger partial charge in [0.15, 0.2) is 0 Å². The smallest absolute Gasteiger partial charge is 0.255 e. The van der Waals surface area contributed by atoms with Crippen molar-refractivity contribution in [2.24, 2.45) is 5.14 Å². The summed E-state index contributed by atoms with van der Waals surface area (Å²) in [5, 5.41) is 7.79. The number of sulfonamides is 1. The summed E-state index contributed by atoms with van der Waals surface area (Å²) in [4.78, 5) is 12.1. The number of carbonyl (C=O) groups is 1. The fraction of sp³-hybridized carbons (Fsp3) is 0.0714. The number of halogens is 1. The summed E-state index contributed by atoms with van der Waals surface area (Å²) >= 11 is 2.15. The molecule has 1 amide bonds. The monoisotopic (exact) mass is 416 g/mol. The van der Waals surface area contributed by atoms with Crippen molar-refractivity contribution in [3.8, 4) is 0 Å². The van der Waals surface area contributed by atoms with E-state index >= 15 is 0 Å². The van der Waals surface area contributed by atoms with Gasteiger partial charge in [0.05, 0.1) is 4.90 Å². The highest BCUT2D eigenvalue weighted by Crippen LogP contribution is 2.20. The molecular weight excluding hydrogens is 403 g/mol. The van der Waals surface area contributed by atoms with Gasteiger partial charge in [-0.1, -0.05) is 6.07 Å². The normalized spacial score (nSPS) is 11.2. The molecule has 0 atom stereocenters. The number of aryl methyl sites for hydroxylation is 1. The van der Waals surface area contributed by atoms with Crippen molar-refractivity contribution in [2.45, 2.75) is 11.8 Å². The Hall–Kier alpha value is -1.45. The molecule has 0 radical (unpaired) electrons. The number of nitrogens with one attached hydrogen (secondary N) is 1. The lowest BCUT2D eigenvalue weighted by Crippen LogP contribution is -2.15. The number of hydrogen-bond donors (Lipinski definition) is 2. The van der Waals surface area contributed by atoms with Crippen LogP contribution >= 0.6 is 22.6 Å². The van der Waals surface area contributed by atoms with Crippen LogP contribution in [0.1, 0.15) is 15.9 Å². The lowest BCUT2D eigenvalue weighted by molar-refractivity contribution is 0.102. The third-order valence-corrected chi connectivity index (χ3v) is 4.52.